The Labute approximate surface area is 136 Å². The Bertz CT molecular complexity index is 776. The largest absolute Gasteiger partial charge is 0.284 e. The summed E-state index contributed by atoms with van der Waals surface area (Å²) in [7, 11) is -5.01. The summed E-state index contributed by atoms with van der Waals surface area (Å²) in [6.07, 6.45) is 1.10. The molecule has 0 bridgehead atoms. The second kappa shape index (κ2) is 7.34. The van der Waals surface area contributed by atoms with Crippen molar-refractivity contribution in [1.82, 2.24) is 4.89 Å². The van der Waals surface area contributed by atoms with Gasteiger partial charge in [0, 0.05) is 11.3 Å². The number of nitrogens with one attached hydrogen (secondary N) is 1. The molecule has 0 fully saturated rings. The fraction of sp³-hybridized carbons (Fsp3) is 0.143. The van der Waals surface area contributed by atoms with Gasteiger partial charge < -0.3 is 0 Å². The highest BCUT2D eigenvalue weighted by atomic mass is 35.5. The topological polar surface area (TPSA) is 72.5 Å². The minimum Gasteiger partial charge on any atom is -0.284 e. The average Bonchev–Trinajstić information content (AvgIpc) is 2.48. The van der Waals surface area contributed by atoms with Gasteiger partial charge >= 0.3 is 0 Å². The summed E-state index contributed by atoms with van der Waals surface area (Å²) in [5, 5.41) is 0.623. The predicted molar refractivity (Wildman–Crippen MR) is 85.3 cm³/mol. The minimum absolute atomic E-state index is 0.109. The molecule has 0 saturated heterocycles. The highest BCUT2D eigenvalue weighted by molar-refractivity contribution is 7.90. The summed E-state index contributed by atoms with van der Waals surface area (Å²) >= 11 is 5.77. The molecule has 0 aliphatic carbocycles. The van der Waals surface area contributed by atoms with Gasteiger partial charge in [-0.05, 0) is 35.9 Å². The molecule has 0 radical (unpaired) electrons. The maximum absolute atomic E-state index is 12.0. The van der Waals surface area contributed by atoms with Crippen LogP contribution in [-0.2, 0) is 32.3 Å². The molecule has 1 atom stereocenters. The van der Waals surface area contributed by atoms with Gasteiger partial charge in [-0.1, -0.05) is 29.8 Å². The zero-order chi connectivity index (χ0) is 16.2. The molecule has 5 nitrogen and oxygen atoms in total. The molecule has 0 heterocycles. The van der Waals surface area contributed by atoms with Crippen molar-refractivity contribution in [1.29, 1.82) is 0 Å². The van der Waals surface area contributed by atoms with E-state index in [1.807, 2.05) is 0 Å². The summed E-state index contributed by atoms with van der Waals surface area (Å²) in [4.78, 5) is 7.97. The van der Waals surface area contributed by atoms with Gasteiger partial charge in [-0.3, -0.25) is 4.84 Å². The van der Waals surface area contributed by atoms with Crippen LogP contribution in [0.4, 0.5) is 0 Å². The number of rotatable bonds is 6. The van der Waals surface area contributed by atoms with Crippen molar-refractivity contribution >= 4 is 32.4 Å². The molecule has 0 saturated carbocycles. The normalized spacial score (nSPS) is 13.0. The Kier molecular flexibility index (Phi) is 5.71. The van der Waals surface area contributed by atoms with Crippen molar-refractivity contribution in [2.45, 2.75) is 16.4 Å². The summed E-state index contributed by atoms with van der Waals surface area (Å²) in [6.45, 7) is 0.203. The van der Waals surface area contributed by atoms with Crippen molar-refractivity contribution < 1.29 is 17.5 Å². The first-order valence-corrected chi connectivity index (χ1v) is 9.62. The second-order valence-electron chi connectivity index (χ2n) is 4.51. The Hall–Kier alpha value is -1.25. The van der Waals surface area contributed by atoms with Gasteiger partial charge in [-0.25, -0.2) is 12.6 Å². The third-order valence-corrected chi connectivity index (χ3v) is 5.05. The summed E-state index contributed by atoms with van der Waals surface area (Å²) < 4.78 is 35.0. The van der Waals surface area contributed by atoms with E-state index in [4.69, 9.17) is 16.4 Å². The first-order chi connectivity index (χ1) is 10.4. The van der Waals surface area contributed by atoms with E-state index in [0.717, 1.165) is 11.8 Å². The lowest BCUT2D eigenvalue weighted by molar-refractivity contribution is 0.0833. The quantitative estimate of drug-likeness (QED) is 0.804. The van der Waals surface area contributed by atoms with Crippen molar-refractivity contribution in [3.63, 3.8) is 0 Å². The number of hydrogen-bond donors (Lipinski definition) is 1. The molecule has 0 aliphatic rings. The Morgan fingerprint density at radius 1 is 1.18 bits per heavy atom. The van der Waals surface area contributed by atoms with E-state index in [-0.39, 0.29) is 11.5 Å². The molecule has 0 aromatic heterocycles. The number of hydrogen-bond acceptors (Lipinski definition) is 4. The van der Waals surface area contributed by atoms with Crippen molar-refractivity contribution in [3.8, 4) is 0 Å². The highest BCUT2D eigenvalue weighted by Gasteiger charge is 2.10. The highest BCUT2D eigenvalue weighted by Crippen LogP contribution is 2.14. The van der Waals surface area contributed by atoms with Crippen molar-refractivity contribution in [2.24, 2.45) is 0 Å². The van der Waals surface area contributed by atoms with Gasteiger partial charge in [-0.15, -0.1) is 4.89 Å². The van der Waals surface area contributed by atoms with E-state index in [1.54, 1.807) is 30.3 Å². The van der Waals surface area contributed by atoms with Crippen LogP contribution in [0.25, 0.3) is 0 Å². The summed E-state index contributed by atoms with van der Waals surface area (Å²) in [5.74, 6) is 0. The number of halogens is 1. The molecule has 2 aromatic rings. The van der Waals surface area contributed by atoms with Gasteiger partial charge in [0.15, 0.2) is 9.84 Å². The molecule has 2 rings (SSSR count). The van der Waals surface area contributed by atoms with Crippen LogP contribution in [0.2, 0.25) is 5.02 Å². The van der Waals surface area contributed by atoms with Gasteiger partial charge in [0.1, 0.15) is 11.0 Å². The molecule has 118 valence electrons. The molecule has 0 amide bonds. The third kappa shape index (κ3) is 4.89. The SMILES string of the molecule is CS(=O)(=O)c1cccc(S(=O)NOCc2ccc(Cl)cc2)c1. The van der Waals surface area contributed by atoms with Gasteiger partial charge in [0.2, 0.25) is 0 Å². The lowest BCUT2D eigenvalue weighted by Crippen LogP contribution is -2.18. The van der Waals surface area contributed by atoms with Crippen LogP contribution < -0.4 is 4.89 Å². The Morgan fingerprint density at radius 3 is 2.50 bits per heavy atom. The molecular formula is C14H14ClNO4S2. The minimum atomic E-state index is -3.34. The van der Waals surface area contributed by atoms with Crippen LogP contribution in [0.1, 0.15) is 5.56 Å². The molecule has 8 heteroatoms. The zero-order valence-corrected chi connectivity index (χ0v) is 14.0. The van der Waals surface area contributed by atoms with Crippen molar-refractivity contribution in [3.05, 3.63) is 59.1 Å². The first kappa shape index (κ1) is 17.1. The van der Waals surface area contributed by atoms with E-state index in [2.05, 4.69) is 4.89 Å². The van der Waals surface area contributed by atoms with E-state index in [1.165, 1.54) is 18.2 Å². The zero-order valence-electron chi connectivity index (χ0n) is 11.7. The standard InChI is InChI=1S/C14H14ClNO4S2/c1-22(18,19)14-4-2-3-13(9-14)21(17)16-20-10-11-5-7-12(15)8-6-11/h2-9,16H,10H2,1H3. The van der Waals surface area contributed by atoms with Crippen LogP contribution in [0, 0.1) is 0 Å². The first-order valence-electron chi connectivity index (χ1n) is 6.20. The van der Waals surface area contributed by atoms with Crippen molar-refractivity contribution in [2.75, 3.05) is 6.26 Å². The smallest absolute Gasteiger partial charge is 0.175 e. The molecule has 2 aromatic carbocycles. The van der Waals surface area contributed by atoms with Crippen LogP contribution >= 0.6 is 11.6 Å². The molecule has 22 heavy (non-hydrogen) atoms. The Balaban J connectivity index is 1.96. The Morgan fingerprint density at radius 2 is 1.86 bits per heavy atom. The number of sulfone groups is 1. The van der Waals surface area contributed by atoms with Gasteiger partial charge in [-0.2, -0.15) is 0 Å². The van der Waals surface area contributed by atoms with Crippen LogP contribution in [0.15, 0.2) is 58.3 Å². The molecule has 1 unspecified atom stereocenters. The lowest BCUT2D eigenvalue weighted by atomic mass is 10.2. The summed E-state index contributed by atoms with van der Waals surface area (Å²) in [5.41, 5.74) is 0.860. The van der Waals surface area contributed by atoms with Gasteiger partial charge in [0.05, 0.1) is 16.4 Å². The predicted octanol–water partition coefficient (Wildman–Crippen LogP) is 2.49. The maximum Gasteiger partial charge on any atom is 0.175 e. The van der Waals surface area contributed by atoms with Crippen LogP contribution in [-0.4, -0.2) is 18.9 Å². The lowest BCUT2D eigenvalue weighted by Gasteiger charge is -2.07. The molecule has 1 N–H and O–H groups in total. The van der Waals surface area contributed by atoms with E-state index < -0.39 is 20.8 Å². The second-order valence-corrected chi connectivity index (χ2v) is 8.14. The molecule has 0 spiro atoms. The van der Waals surface area contributed by atoms with Crippen LogP contribution in [0.3, 0.4) is 0 Å². The number of benzene rings is 2. The molecular weight excluding hydrogens is 346 g/mol. The van der Waals surface area contributed by atoms with E-state index in [9.17, 15) is 12.6 Å². The fourth-order valence-electron chi connectivity index (χ4n) is 1.62. The van der Waals surface area contributed by atoms with E-state index in [0.29, 0.717) is 9.92 Å². The molecule has 0 aliphatic heterocycles. The monoisotopic (exact) mass is 359 g/mol. The van der Waals surface area contributed by atoms with Crippen LogP contribution in [0.5, 0.6) is 0 Å². The average molecular weight is 360 g/mol. The fourth-order valence-corrected chi connectivity index (χ4v) is 3.18. The maximum atomic E-state index is 12.0. The third-order valence-electron chi connectivity index (χ3n) is 2.73. The van der Waals surface area contributed by atoms with Gasteiger partial charge in [0.25, 0.3) is 0 Å². The summed E-state index contributed by atoms with van der Waals surface area (Å²) in [6, 6.07) is 12.9. The van der Waals surface area contributed by atoms with E-state index >= 15 is 0 Å².